The third-order valence-corrected chi connectivity index (χ3v) is 9.60. The van der Waals surface area contributed by atoms with Gasteiger partial charge >= 0.3 is 13.8 Å². The highest BCUT2D eigenvalue weighted by atomic mass is 32.2. The molecule has 5 rings (SSSR count). The first-order valence-electron chi connectivity index (χ1n) is 13.8. The SMILES string of the molecule is C[C@@H](OP(=O)(Oc1ccccc1)Oc1ccccc1)C1C(=O)N2C(C(=O)OCc3ccc([N+](=O)[O-])cc3)=C(SCCN)CC12. The second-order valence-corrected chi connectivity index (χ2v) is 12.6. The molecule has 2 aliphatic heterocycles. The number of carbonyl (C=O) groups is 2. The van der Waals surface area contributed by atoms with Gasteiger partial charge in [-0.15, -0.1) is 11.8 Å². The molecule has 2 aliphatic rings. The van der Waals surface area contributed by atoms with Crippen molar-refractivity contribution in [3.63, 3.8) is 0 Å². The van der Waals surface area contributed by atoms with E-state index in [9.17, 15) is 24.3 Å². The summed E-state index contributed by atoms with van der Waals surface area (Å²) in [7, 11) is -4.28. The first-order chi connectivity index (χ1) is 21.2. The Balaban J connectivity index is 1.30. The van der Waals surface area contributed by atoms with Gasteiger partial charge in [-0.3, -0.25) is 19.4 Å². The number of nitro groups is 1. The van der Waals surface area contributed by atoms with Crippen molar-refractivity contribution in [3.05, 3.63) is 111 Å². The van der Waals surface area contributed by atoms with E-state index in [-0.39, 0.29) is 35.4 Å². The molecule has 1 fully saturated rings. The summed E-state index contributed by atoms with van der Waals surface area (Å²) in [5.74, 6) is -0.778. The standard InChI is InChI=1S/C30H30N3O9PS/c1-20(40-43(38,41-23-8-4-2-5-9-23)42-24-10-6-3-7-11-24)27-25-18-26(44-17-16-31)28(32(25)29(27)34)30(35)39-19-21-12-14-22(15-13-21)33(36)37/h2-15,20,25,27H,16-19,31H2,1H3/t20-,25?,27?/m1/s1. The zero-order valence-electron chi connectivity index (χ0n) is 23.6. The Morgan fingerprint density at radius 2 is 1.64 bits per heavy atom. The summed E-state index contributed by atoms with van der Waals surface area (Å²) < 4.78 is 36.8. The summed E-state index contributed by atoms with van der Waals surface area (Å²) in [6.07, 6.45) is -0.543. The van der Waals surface area contributed by atoms with Crippen LogP contribution in [-0.2, 0) is 30.0 Å². The van der Waals surface area contributed by atoms with Gasteiger partial charge in [-0.05, 0) is 48.9 Å². The lowest BCUT2D eigenvalue weighted by Crippen LogP contribution is -2.62. The number of hydrogen-bond acceptors (Lipinski definition) is 11. The van der Waals surface area contributed by atoms with Crippen molar-refractivity contribution >= 4 is 37.1 Å². The highest BCUT2D eigenvalue weighted by Crippen LogP contribution is 2.54. The number of nitro benzene ring substituents is 1. The second-order valence-electron chi connectivity index (χ2n) is 9.98. The van der Waals surface area contributed by atoms with Crippen molar-refractivity contribution in [2.75, 3.05) is 12.3 Å². The van der Waals surface area contributed by atoms with Gasteiger partial charge in [0.2, 0.25) is 5.91 Å². The number of phosphoric ester groups is 1. The minimum absolute atomic E-state index is 0.0802. The highest BCUT2D eigenvalue weighted by molar-refractivity contribution is 8.03. The Morgan fingerprint density at radius 3 is 2.18 bits per heavy atom. The normalized spacial score (nSPS) is 18.3. The van der Waals surface area contributed by atoms with Crippen LogP contribution in [0.15, 0.2) is 95.5 Å². The fourth-order valence-corrected chi connectivity index (χ4v) is 7.39. The van der Waals surface area contributed by atoms with E-state index in [0.717, 1.165) is 0 Å². The minimum atomic E-state index is -4.28. The first-order valence-corrected chi connectivity index (χ1v) is 16.2. The predicted octanol–water partition coefficient (Wildman–Crippen LogP) is 5.44. The number of esters is 1. The monoisotopic (exact) mass is 639 g/mol. The number of hydrogen-bond donors (Lipinski definition) is 1. The number of phosphoric acid groups is 1. The van der Waals surface area contributed by atoms with Crippen molar-refractivity contribution in [2.24, 2.45) is 11.7 Å². The molecule has 12 nitrogen and oxygen atoms in total. The molecule has 0 spiro atoms. The molecule has 14 heteroatoms. The quantitative estimate of drug-likeness (QED) is 0.0786. The molecule has 0 aromatic heterocycles. The number of rotatable bonds is 14. The molecule has 2 unspecified atom stereocenters. The zero-order valence-corrected chi connectivity index (χ0v) is 25.4. The molecule has 44 heavy (non-hydrogen) atoms. The van der Waals surface area contributed by atoms with E-state index < -0.39 is 36.8 Å². The zero-order chi connectivity index (χ0) is 31.3. The van der Waals surface area contributed by atoms with Gasteiger partial charge in [0.15, 0.2) is 0 Å². The molecule has 3 atom stereocenters. The number of fused-ring (bicyclic) bond motifs is 1. The van der Waals surface area contributed by atoms with Crippen LogP contribution in [0.5, 0.6) is 11.5 Å². The van der Waals surface area contributed by atoms with E-state index >= 15 is 0 Å². The minimum Gasteiger partial charge on any atom is -0.456 e. The van der Waals surface area contributed by atoms with Crippen LogP contribution in [0.3, 0.4) is 0 Å². The fraction of sp³-hybridized carbons (Fsp3) is 0.267. The number of para-hydroxylation sites is 2. The van der Waals surface area contributed by atoms with E-state index in [4.69, 9.17) is 24.0 Å². The lowest BCUT2D eigenvalue weighted by atomic mass is 9.83. The summed E-state index contributed by atoms with van der Waals surface area (Å²) in [4.78, 5) is 39.3. The molecule has 0 bridgehead atoms. The number of non-ortho nitro benzene ring substituents is 1. The van der Waals surface area contributed by atoms with Gasteiger partial charge in [-0.25, -0.2) is 9.36 Å². The van der Waals surface area contributed by atoms with Crippen LogP contribution in [-0.4, -0.2) is 46.1 Å². The van der Waals surface area contributed by atoms with Crippen LogP contribution in [0.25, 0.3) is 0 Å². The van der Waals surface area contributed by atoms with Crippen molar-refractivity contribution < 1.29 is 37.4 Å². The average Bonchev–Trinajstić information content (AvgIpc) is 3.33. The second kappa shape index (κ2) is 13.6. The maximum Gasteiger partial charge on any atom is 0.587 e. The van der Waals surface area contributed by atoms with Gasteiger partial charge in [0.1, 0.15) is 23.8 Å². The highest BCUT2D eigenvalue weighted by Gasteiger charge is 2.58. The number of ether oxygens (including phenoxy) is 1. The molecule has 3 aromatic carbocycles. The summed E-state index contributed by atoms with van der Waals surface area (Å²) in [6.45, 7) is 1.84. The fourth-order valence-electron chi connectivity index (χ4n) is 5.00. The molecule has 2 N–H and O–H groups in total. The number of thioether (sulfide) groups is 1. The maximum atomic E-state index is 13.9. The van der Waals surface area contributed by atoms with Crippen molar-refractivity contribution in [3.8, 4) is 11.5 Å². The van der Waals surface area contributed by atoms with Gasteiger partial charge in [-0.2, -0.15) is 0 Å². The van der Waals surface area contributed by atoms with Crippen LogP contribution >= 0.6 is 19.6 Å². The lowest BCUT2D eigenvalue weighted by molar-refractivity contribution is -0.384. The smallest absolute Gasteiger partial charge is 0.456 e. The molecule has 2 heterocycles. The van der Waals surface area contributed by atoms with Gasteiger partial charge in [0, 0.05) is 35.8 Å². The van der Waals surface area contributed by atoms with Crippen molar-refractivity contribution in [1.29, 1.82) is 0 Å². The summed E-state index contributed by atoms with van der Waals surface area (Å²) >= 11 is 1.37. The molecule has 1 saturated heterocycles. The predicted molar refractivity (Wildman–Crippen MR) is 162 cm³/mol. The Kier molecular flexibility index (Phi) is 9.70. The van der Waals surface area contributed by atoms with Gasteiger partial charge < -0.3 is 24.4 Å². The van der Waals surface area contributed by atoms with E-state index in [1.54, 1.807) is 67.6 Å². The third kappa shape index (κ3) is 6.97. The molecular formula is C30H30N3O9PS. The third-order valence-electron chi connectivity index (χ3n) is 6.99. The van der Waals surface area contributed by atoms with Crippen LogP contribution in [0.2, 0.25) is 0 Å². The molecule has 1 amide bonds. The number of amides is 1. The summed E-state index contributed by atoms with van der Waals surface area (Å²) in [5.41, 5.74) is 6.32. The van der Waals surface area contributed by atoms with E-state index in [0.29, 0.717) is 29.2 Å². The summed E-state index contributed by atoms with van der Waals surface area (Å²) in [5, 5.41) is 10.9. The molecular weight excluding hydrogens is 609 g/mol. The first kappa shape index (κ1) is 31.3. The van der Waals surface area contributed by atoms with Crippen molar-refractivity contribution in [2.45, 2.75) is 32.1 Å². The van der Waals surface area contributed by atoms with Crippen LogP contribution in [0, 0.1) is 16.0 Å². The van der Waals surface area contributed by atoms with Gasteiger partial charge in [0.05, 0.1) is 23.0 Å². The molecule has 0 radical (unpaired) electrons. The average molecular weight is 640 g/mol. The van der Waals surface area contributed by atoms with E-state index in [1.807, 2.05) is 0 Å². The number of nitrogens with two attached hydrogens (primary N) is 1. The number of carbonyl (C=O) groups excluding carboxylic acids is 2. The summed E-state index contributed by atoms with van der Waals surface area (Å²) in [6, 6.07) is 22.1. The Labute approximate surface area is 257 Å². The van der Waals surface area contributed by atoms with E-state index in [1.165, 1.54) is 40.9 Å². The molecule has 3 aromatic rings. The number of benzene rings is 3. The van der Waals surface area contributed by atoms with Crippen LogP contribution in [0.1, 0.15) is 18.9 Å². The maximum absolute atomic E-state index is 13.9. The van der Waals surface area contributed by atoms with E-state index in [2.05, 4.69) is 0 Å². The number of β-lactam (4-membered cyclic amide) rings is 1. The van der Waals surface area contributed by atoms with Gasteiger partial charge in [0.25, 0.3) is 5.69 Å². The Morgan fingerprint density at radius 1 is 1.05 bits per heavy atom. The lowest BCUT2D eigenvalue weighted by Gasteiger charge is -2.45. The molecule has 230 valence electrons. The Bertz CT molecular complexity index is 1540. The number of nitrogens with zero attached hydrogens (tertiary/aromatic N) is 2. The molecule has 0 saturated carbocycles. The van der Waals surface area contributed by atoms with Crippen LogP contribution < -0.4 is 14.8 Å². The topological polar surface area (TPSA) is 161 Å². The van der Waals surface area contributed by atoms with Gasteiger partial charge in [-0.1, -0.05) is 36.4 Å². The molecule has 0 aliphatic carbocycles. The van der Waals surface area contributed by atoms with Crippen LogP contribution in [0.4, 0.5) is 5.69 Å². The largest absolute Gasteiger partial charge is 0.587 e. The van der Waals surface area contributed by atoms with Crippen molar-refractivity contribution in [1.82, 2.24) is 4.90 Å². The Hall–Kier alpha value is -4.16.